The molecule has 136 valence electrons. The highest BCUT2D eigenvalue weighted by Gasteiger charge is 2.12. The van der Waals surface area contributed by atoms with Crippen LogP contribution in [0.5, 0.6) is 0 Å². The van der Waals surface area contributed by atoms with Gasteiger partial charge in [-0.25, -0.2) is 0 Å². The second kappa shape index (κ2) is 9.67. The average Bonchev–Trinajstić information content (AvgIpc) is 2.83. The molecular weight excluding hydrogens is 316 g/mol. The summed E-state index contributed by atoms with van der Waals surface area (Å²) in [6.07, 6.45) is 2.64. The number of carbonyl (C=O) groups is 2. The van der Waals surface area contributed by atoms with E-state index in [0.717, 1.165) is 29.9 Å². The van der Waals surface area contributed by atoms with Crippen LogP contribution in [0.3, 0.4) is 0 Å². The Kier molecular flexibility index (Phi) is 7.93. The average molecular weight is 344 g/mol. The third-order valence-corrected chi connectivity index (χ3v) is 3.96. The Morgan fingerprint density at radius 3 is 2.48 bits per heavy atom. The van der Waals surface area contributed by atoms with Gasteiger partial charge in [0.1, 0.15) is 11.6 Å². The molecule has 0 aliphatic carbocycles. The predicted octanol–water partition coefficient (Wildman–Crippen LogP) is 2.31. The molecule has 2 N–H and O–H groups in total. The highest BCUT2D eigenvalue weighted by atomic mass is 16.2. The molecule has 1 heterocycles. The molecule has 0 unspecified atom stereocenters. The smallest absolute Gasteiger partial charge is 0.262 e. The largest absolute Gasteiger partial charge is 0.354 e. The van der Waals surface area contributed by atoms with Crippen LogP contribution in [0.15, 0.2) is 11.6 Å². The van der Waals surface area contributed by atoms with Crippen LogP contribution in [0, 0.1) is 31.1 Å². The van der Waals surface area contributed by atoms with Crippen molar-refractivity contribution in [3.05, 3.63) is 28.6 Å². The fraction of sp³-hybridized carbons (Fsp3) is 0.526. The van der Waals surface area contributed by atoms with Gasteiger partial charge in [-0.05, 0) is 38.0 Å². The summed E-state index contributed by atoms with van der Waals surface area (Å²) >= 11 is 0. The lowest BCUT2D eigenvalue weighted by Crippen LogP contribution is -2.36. The van der Waals surface area contributed by atoms with Crippen molar-refractivity contribution < 1.29 is 9.59 Å². The van der Waals surface area contributed by atoms with Crippen molar-refractivity contribution in [1.82, 2.24) is 15.2 Å². The SMILES string of the molecule is CCCn1c(C)cc(C=C(C#N)C(=O)NCCNC(=O)C(C)C)c1C. The molecule has 1 rings (SSSR count). The zero-order valence-corrected chi connectivity index (χ0v) is 15.8. The number of aryl methyl sites for hydroxylation is 1. The zero-order chi connectivity index (χ0) is 19.0. The first-order valence-electron chi connectivity index (χ1n) is 8.66. The molecule has 0 bridgehead atoms. The summed E-state index contributed by atoms with van der Waals surface area (Å²) in [5.41, 5.74) is 3.10. The third kappa shape index (κ3) is 5.79. The fourth-order valence-corrected chi connectivity index (χ4v) is 2.51. The summed E-state index contributed by atoms with van der Waals surface area (Å²) in [5, 5.41) is 14.7. The third-order valence-electron chi connectivity index (χ3n) is 3.96. The van der Waals surface area contributed by atoms with Crippen LogP contribution < -0.4 is 10.6 Å². The van der Waals surface area contributed by atoms with Gasteiger partial charge in [0.25, 0.3) is 5.91 Å². The number of nitriles is 1. The number of aromatic nitrogens is 1. The van der Waals surface area contributed by atoms with Crippen LogP contribution >= 0.6 is 0 Å². The van der Waals surface area contributed by atoms with Gasteiger partial charge in [-0.1, -0.05) is 20.8 Å². The van der Waals surface area contributed by atoms with E-state index >= 15 is 0 Å². The molecule has 1 aromatic rings. The van der Waals surface area contributed by atoms with Crippen LogP contribution in [0.4, 0.5) is 0 Å². The minimum Gasteiger partial charge on any atom is -0.354 e. The summed E-state index contributed by atoms with van der Waals surface area (Å²) in [6, 6.07) is 3.94. The Morgan fingerprint density at radius 1 is 1.28 bits per heavy atom. The van der Waals surface area contributed by atoms with Crippen molar-refractivity contribution in [2.75, 3.05) is 13.1 Å². The minimum atomic E-state index is -0.429. The Bertz CT molecular complexity index is 693. The molecule has 0 spiro atoms. The minimum absolute atomic E-state index is 0.0614. The quantitative estimate of drug-likeness (QED) is 0.431. The molecule has 0 saturated heterocycles. The Hall–Kier alpha value is -2.55. The van der Waals surface area contributed by atoms with Crippen molar-refractivity contribution in [2.45, 2.75) is 47.6 Å². The Balaban J connectivity index is 2.74. The lowest BCUT2D eigenvalue weighted by Gasteiger charge is -2.08. The van der Waals surface area contributed by atoms with Gasteiger partial charge in [-0.3, -0.25) is 9.59 Å². The highest BCUT2D eigenvalue weighted by molar-refractivity contribution is 6.01. The van der Waals surface area contributed by atoms with Crippen molar-refractivity contribution >= 4 is 17.9 Å². The fourth-order valence-electron chi connectivity index (χ4n) is 2.51. The van der Waals surface area contributed by atoms with Gasteiger partial charge in [0.05, 0.1) is 0 Å². The monoisotopic (exact) mass is 344 g/mol. The molecule has 0 atom stereocenters. The summed E-state index contributed by atoms with van der Waals surface area (Å²) in [5.74, 6) is -0.584. The molecule has 0 aromatic carbocycles. The highest BCUT2D eigenvalue weighted by Crippen LogP contribution is 2.18. The van der Waals surface area contributed by atoms with E-state index < -0.39 is 5.91 Å². The summed E-state index contributed by atoms with van der Waals surface area (Å²) < 4.78 is 2.18. The Morgan fingerprint density at radius 2 is 1.92 bits per heavy atom. The first-order chi connectivity index (χ1) is 11.8. The molecule has 0 aliphatic rings. The molecule has 6 nitrogen and oxygen atoms in total. The maximum Gasteiger partial charge on any atom is 0.262 e. The lowest BCUT2D eigenvalue weighted by molar-refractivity contribution is -0.124. The number of nitrogens with zero attached hydrogens (tertiary/aromatic N) is 2. The number of hydrogen-bond acceptors (Lipinski definition) is 3. The molecule has 0 radical (unpaired) electrons. The molecule has 2 amide bonds. The van der Waals surface area contributed by atoms with E-state index in [0.29, 0.717) is 6.54 Å². The van der Waals surface area contributed by atoms with Gasteiger partial charge in [0.15, 0.2) is 0 Å². The molecule has 0 aliphatic heterocycles. The first-order valence-corrected chi connectivity index (χ1v) is 8.66. The van der Waals surface area contributed by atoms with Crippen LogP contribution in [0.1, 0.15) is 44.1 Å². The lowest BCUT2D eigenvalue weighted by atomic mass is 10.1. The maximum absolute atomic E-state index is 12.2. The second-order valence-corrected chi connectivity index (χ2v) is 6.35. The van der Waals surface area contributed by atoms with E-state index in [1.54, 1.807) is 19.9 Å². The normalized spacial score (nSPS) is 11.3. The molecule has 25 heavy (non-hydrogen) atoms. The van der Waals surface area contributed by atoms with Gasteiger partial charge >= 0.3 is 0 Å². The molecule has 0 saturated carbocycles. The van der Waals surface area contributed by atoms with Crippen LogP contribution in [0.2, 0.25) is 0 Å². The predicted molar refractivity (Wildman–Crippen MR) is 98.6 cm³/mol. The molecule has 1 aromatic heterocycles. The molecule has 6 heteroatoms. The van der Waals surface area contributed by atoms with Crippen molar-refractivity contribution in [2.24, 2.45) is 5.92 Å². The van der Waals surface area contributed by atoms with Crippen LogP contribution in [-0.4, -0.2) is 29.5 Å². The van der Waals surface area contributed by atoms with E-state index in [-0.39, 0.29) is 23.9 Å². The second-order valence-electron chi connectivity index (χ2n) is 6.35. The molecular formula is C19H28N4O2. The van der Waals surface area contributed by atoms with Gasteiger partial charge in [-0.2, -0.15) is 5.26 Å². The number of nitrogens with one attached hydrogen (secondary N) is 2. The number of rotatable bonds is 8. The zero-order valence-electron chi connectivity index (χ0n) is 15.8. The van der Waals surface area contributed by atoms with Gasteiger partial charge in [0.2, 0.25) is 5.91 Å². The number of hydrogen-bond donors (Lipinski definition) is 2. The number of amides is 2. The van der Waals surface area contributed by atoms with E-state index in [2.05, 4.69) is 22.1 Å². The summed E-state index contributed by atoms with van der Waals surface area (Å²) in [7, 11) is 0. The van der Waals surface area contributed by atoms with Gasteiger partial charge in [0, 0.05) is 36.9 Å². The van der Waals surface area contributed by atoms with E-state index in [4.69, 9.17) is 0 Å². The topological polar surface area (TPSA) is 86.9 Å². The Labute approximate surface area is 149 Å². The van der Waals surface area contributed by atoms with Gasteiger partial charge < -0.3 is 15.2 Å². The summed E-state index contributed by atoms with van der Waals surface area (Å²) in [4.78, 5) is 23.6. The van der Waals surface area contributed by atoms with E-state index in [1.807, 2.05) is 26.0 Å². The van der Waals surface area contributed by atoms with Crippen molar-refractivity contribution in [3.8, 4) is 6.07 Å². The van der Waals surface area contributed by atoms with Gasteiger partial charge in [-0.15, -0.1) is 0 Å². The molecule has 0 fully saturated rings. The first kappa shape index (κ1) is 20.5. The van der Waals surface area contributed by atoms with Crippen molar-refractivity contribution in [3.63, 3.8) is 0 Å². The standard InChI is InChI=1S/C19H28N4O2/c1-6-9-23-14(4)10-16(15(23)5)11-17(12-20)19(25)22-8-7-21-18(24)13(2)3/h10-11,13H,6-9H2,1-5H3,(H,21,24)(H,22,25). The number of carbonyl (C=O) groups excluding carboxylic acids is 2. The van der Waals surface area contributed by atoms with Crippen LogP contribution in [-0.2, 0) is 16.1 Å². The summed E-state index contributed by atoms with van der Waals surface area (Å²) in [6.45, 7) is 11.3. The van der Waals surface area contributed by atoms with Crippen LogP contribution in [0.25, 0.3) is 6.08 Å². The van der Waals surface area contributed by atoms with Crippen molar-refractivity contribution in [1.29, 1.82) is 5.26 Å². The van der Waals surface area contributed by atoms with E-state index in [9.17, 15) is 14.9 Å². The maximum atomic E-state index is 12.2. The van der Waals surface area contributed by atoms with E-state index in [1.165, 1.54) is 0 Å².